The number of benzene rings is 1. The van der Waals surface area contributed by atoms with Gasteiger partial charge in [0.1, 0.15) is 18.3 Å². The van der Waals surface area contributed by atoms with Gasteiger partial charge in [-0.3, -0.25) is 57.6 Å². The number of aliphatic imine (C=N–C) groups is 3. The van der Waals surface area contributed by atoms with Crippen LogP contribution in [0.15, 0.2) is 67.8 Å². The first-order chi connectivity index (χ1) is 41.8. The number of aliphatic hydroxyl groups excluding tert-OH is 2. The molecule has 27 nitrogen and oxygen atoms in total. The number of nitrogens with two attached hydrogens (primary N) is 6. The Hall–Kier alpha value is -7.00. The van der Waals surface area contributed by atoms with Crippen molar-refractivity contribution in [2.75, 3.05) is 13.2 Å². The number of fused-ring (bicyclic) bond motifs is 7. The Morgan fingerprint density at radius 2 is 1.40 bits per heavy atom. The monoisotopic (exact) mass is 1270 g/mol. The van der Waals surface area contributed by atoms with E-state index in [1.165, 1.54) is 13.3 Å². The Labute approximate surface area is 523 Å². The molecule has 0 saturated carbocycles. The van der Waals surface area contributed by atoms with E-state index >= 15 is 0 Å². The first-order valence-electron chi connectivity index (χ1n) is 30.6. The third-order valence-electron chi connectivity index (χ3n) is 20.6. The van der Waals surface area contributed by atoms with Crippen LogP contribution < -0.4 is 45.0 Å². The number of aromatic nitrogens is 2. The summed E-state index contributed by atoms with van der Waals surface area (Å²) in [7, 11) is -5.07. The standard InChI is InChI=1S/C62H90N13O14P/c1-29-20-39-40(21-30(29)2)75(28-70-39)57-52(84)53(41(27-76)87-57)89-90(85,86)88-31(3)26-69-49(83)18-19-59(8)37(22-46(66)80)56-62(11)61(10,25-48(68)82)36(14-17-45(65)79)51(74-62)33(5)55-60(9,24-47(67)81)34(12-15-43(63)77)38(71-55)23-42-58(6,7)35(13-16-44(64)78)50(72-42)32(4)54(59)73-56/h20-21,23,28,31,34-37,41,52-53,56-57,71,76,84H,12-19,22,24-27H2,1-11H3,(H2,63,77)(H2,64,78)(H2,65,79)(H2,66,80)(H2,67,81)(H2,68,82)(H,69,83)(H,85,86)/b38-23?,50-32-,55-33-. The second-order valence-corrected chi connectivity index (χ2v) is 28.4. The highest BCUT2D eigenvalue weighted by atomic mass is 31.2. The Bertz CT molecular complexity index is 3540. The molecule has 2 aromatic rings. The largest absolute Gasteiger partial charge is 0.472 e. The zero-order valence-electron chi connectivity index (χ0n) is 53.3. The summed E-state index contributed by atoms with van der Waals surface area (Å²) < 4.78 is 32.3. The van der Waals surface area contributed by atoms with E-state index < -0.39 is 143 Å². The lowest BCUT2D eigenvalue weighted by Crippen LogP contribution is -2.56. The second-order valence-electron chi connectivity index (χ2n) is 27.1. The number of rotatable bonds is 26. The number of amides is 7. The number of nitrogens with zero attached hydrogens (tertiary/aromatic N) is 5. The van der Waals surface area contributed by atoms with Gasteiger partial charge in [0.05, 0.1) is 41.7 Å². The van der Waals surface area contributed by atoms with Crippen molar-refractivity contribution in [3.63, 3.8) is 0 Å². The fourth-order valence-corrected chi connectivity index (χ4v) is 16.6. The van der Waals surface area contributed by atoms with Gasteiger partial charge in [0.2, 0.25) is 41.4 Å². The summed E-state index contributed by atoms with van der Waals surface area (Å²) in [5.74, 6) is -7.18. The van der Waals surface area contributed by atoms with E-state index in [0.717, 1.165) is 11.1 Å². The molecule has 0 radical (unpaired) electrons. The number of carbonyl (C=O) groups excluding carboxylic acids is 7. The maximum absolute atomic E-state index is 14.4. The minimum Gasteiger partial charge on any atom is -0.394 e. The van der Waals surface area contributed by atoms with Crippen LogP contribution in [0.4, 0.5) is 0 Å². The number of phosphoric ester groups is 1. The number of phosphoric acid groups is 1. The van der Waals surface area contributed by atoms with Gasteiger partial charge >= 0.3 is 7.82 Å². The van der Waals surface area contributed by atoms with E-state index in [2.05, 4.69) is 15.6 Å². The molecule has 0 aliphatic carbocycles. The molecule has 1 aromatic carbocycles. The molecule has 90 heavy (non-hydrogen) atoms. The van der Waals surface area contributed by atoms with E-state index in [9.17, 15) is 53.2 Å². The van der Waals surface area contributed by atoms with Crippen LogP contribution in [0.5, 0.6) is 0 Å². The van der Waals surface area contributed by atoms with Crippen molar-refractivity contribution in [3.8, 4) is 0 Å². The molecule has 492 valence electrons. The number of aliphatic hydroxyl groups is 2. The Morgan fingerprint density at radius 1 is 0.800 bits per heavy atom. The first-order valence-corrected chi connectivity index (χ1v) is 32.1. The van der Waals surface area contributed by atoms with Gasteiger partial charge in [0.15, 0.2) is 6.23 Å². The highest BCUT2D eigenvalue weighted by molar-refractivity contribution is 7.47. The quantitative estimate of drug-likeness (QED) is 0.0603. The lowest BCUT2D eigenvalue weighted by atomic mass is 9.55. The summed E-state index contributed by atoms with van der Waals surface area (Å²) in [6, 6.07) is 2.70. The summed E-state index contributed by atoms with van der Waals surface area (Å²) in [5, 5.41) is 28.2. The molecule has 15 unspecified atom stereocenters. The summed E-state index contributed by atoms with van der Waals surface area (Å²) in [5.41, 5.74) is 37.4. The Balaban J connectivity index is 1.19. The zero-order valence-corrected chi connectivity index (χ0v) is 54.1. The number of hydrogen-bond acceptors (Lipinski definition) is 18. The molecule has 15 atom stereocenters. The molecule has 0 spiro atoms. The fraction of sp³-hybridized carbons (Fsp3) is 0.629. The van der Waals surface area contributed by atoms with Crippen LogP contribution in [-0.4, -0.2) is 132 Å². The molecule has 17 N–H and O–H groups in total. The smallest absolute Gasteiger partial charge is 0.394 e. The minimum atomic E-state index is -5.07. The van der Waals surface area contributed by atoms with Crippen LogP contribution in [0.3, 0.4) is 0 Å². The molecule has 2 fully saturated rings. The fourth-order valence-electron chi connectivity index (χ4n) is 15.4. The van der Waals surface area contributed by atoms with Crippen LogP contribution >= 0.6 is 7.82 Å². The molecule has 1 aromatic heterocycles. The summed E-state index contributed by atoms with van der Waals surface area (Å²) >= 11 is 0. The van der Waals surface area contributed by atoms with E-state index in [0.29, 0.717) is 56.4 Å². The van der Waals surface area contributed by atoms with Crippen molar-refractivity contribution in [1.82, 2.24) is 20.2 Å². The Morgan fingerprint density at radius 3 is 1.99 bits per heavy atom. The average molecular weight is 1270 g/mol. The summed E-state index contributed by atoms with van der Waals surface area (Å²) in [6.45, 7) is 19.3. The minimum absolute atomic E-state index is 0.0114. The van der Waals surface area contributed by atoms with Gasteiger partial charge < -0.3 is 69.4 Å². The number of allylic oxidation sites excluding steroid dienone is 6. The van der Waals surface area contributed by atoms with Crippen molar-refractivity contribution in [1.29, 1.82) is 0 Å². The molecular formula is C62H90N13O14P. The van der Waals surface area contributed by atoms with E-state index in [1.54, 1.807) is 4.57 Å². The number of ether oxygens (including phenoxy) is 1. The SMILES string of the molecule is C/C1=C2/N=C(C=C3N/C(=C(/C)C4=NC(C)(C5N=C1C(C)(CCC(=O)NCC(C)OP(=O)(O)OC1C(CO)OC(n6cnc7cc(C)c(C)cc76)C1O)C5CC(N)=O)C(C)(CC(N)=O)C4CCC(N)=O)C(C)(CC(N)=O)C3CCC(N)=O)C(C)(C)C2CCC(N)=O. The number of imidazole rings is 1. The summed E-state index contributed by atoms with van der Waals surface area (Å²) in [4.78, 5) is 126. The molecule has 6 aliphatic heterocycles. The van der Waals surface area contributed by atoms with Crippen molar-refractivity contribution in [3.05, 3.63) is 63.9 Å². The molecule has 7 amide bonds. The van der Waals surface area contributed by atoms with Crippen molar-refractivity contribution < 1.29 is 67.0 Å². The lowest BCUT2D eigenvalue weighted by Gasteiger charge is -2.48. The molecule has 7 heterocycles. The zero-order chi connectivity index (χ0) is 66.7. The van der Waals surface area contributed by atoms with E-state index in [4.69, 9.17) is 63.2 Å². The Kier molecular flexibility index (Phi) is 19.6. The maximum Gasteiger partial charge on any atom is 0.472 e. The number of aryl methyl sites for hydroxylation is 2. The first kappa shape index (κ1) is 68.9. The van der Waals surface area contributed by atoms with Crippen molar-refractivity contribution >= 4 is 77.3 Å². The predicted molar refractivity (Wildman–Crippen MR) is 334 cm³/mol. The highest BCUT2D eigenvalue weighted by Crippen LogP contribution is 2.63. The van der Waals surface area contributed by atoms with Crippen molar-refractivity contribution in [2.45, 2.75) is 189 Å². The van der Waals surface area contributed by atoms with Gasteiger partial charge in [-0.05, 0) is 108 Å². The number of primary amides is 6. The topological polar surface area (TPSA) is 460 Å². The third-order valence-corrected chi connectivity index (χ3v) is 21.7. The number of nitrogens with one attached hydrogen (secondary N) is 2. The molecule has 6 aliphatic rings. The van der Waals surface area contributed by atoms with Crippen LogP contribution in [0.1, 0.15) is 150 Å². The van der Waals surface area contributed by atoms with Gasteiger partial charge in [0, 0.05) is 131 Å². The summed E-state index contributed by atoms with van der Waals surface area (Å²) in [6.07, 6.45) is -4.26. The second kappa shape index (κ2) is 25.6. The van der Waals surface area contributed by atoms with E-state index in [-0.39, 0.29) is 77.2 Å². The lowest BCUT2D eigenvalue weighted by molar-refractivity contribution is -0.124. The molecule has 2 saturated heterocycles. The third kappa shape index (κ3) is 13.0. The van der Waals surface area contributed by atoms with E-state index in [1.807, 2.05) is 87.4 Å². The van der Waals surface area contributed by atoms with Crippen LogP contribution in [0, 0.1) is 59.2 Å². The van der Waals surface area contributed by atoms with Crippen LogP contribution in [-0.2, 0) is 51.9 Å². The van der Waals surface area contributed by atoms with Crippen LogP contribution in [0.25, 0.3) is 11.0 Å². The number of hydrogen-bond donors (Lipinski definition) is 11. The molecular weight excluding hydrogens is 1180 g/mol. The number of carbonyl (C=O) groups is 7. The maximum atomic E-state index is 14.4. The average Bonchev–Trinajstić information content (AvgIpc) is 1.53. The molecule has 8 bridgehead atoms. The van der Waals surface area contributed by atoms with Crippen LogP contribution in [0.2, 0.25) is 0 Å². The van der Waals surface area contributed by atoms with Gasteiger partial charge in [-0.15, -0.1) is 0 Å². The normalized spacial score (nSPS) is 33.6. The molecule has 8 rings (SSSR count). The molecule has 28 heteroatoms. The van der Waals surface area contributed by atoms with Gasteiger partial charge in [0.25, 0.3) is 0 Å². The highest BCUT2D eigenvalue weighted by Gasteiger charge is 2.66. The van der Waals surface area contributed by atoms with Gasteiger partial charge in [-0.25, -0.2) is 9.55 Å². The van der Waals surface area contributed by atoms with Gasteiger partial charge in [-0.1, -0.05) is 34.6 Å². The van der Waals surface area contributed by atoms with Gasteiger partial charge in [-0.2, -0.15) is 0 Å². The predicted octanol–water partition coefficient (Wildman–Crippen LogP) is 3.16. The van der Waals surface area contributed by atoms with Crippen molar-refractivity contribution in [2.24, 2.45) is 94.7 Å².